The maximum Gasteiger partial charge on any atom is 0.0515 e. The van der Waals surface area contributed by atoms with Crippen molar-refractivity contribution in [2.75, 3.05) is 26.2 Å². The highest BCUT2D eigenvalue weighted by Gasteiger charge is 2.31. The smallest absolute Gasteiger partial charge is 0.0515 e. The van der Waals surface area contributed by atoms with Gasteiger partial charge in [-0.2, -0.15) is 0 Å². The van der Waals surface area contributed by atoms with Crippen LogP contribution in [0, 0.1) is 0 Å². The van der Waals surface area contributed by atoms with E-state index in [0.717, 1.165) is 32.6 Å². The van der Waals surface area contributed by atoms with Gasteiger partial charge in [-0.3, -0.25) is 14.8 Å². The lowest BCUT2D eigenvalue weighted by Gasteiger charge is -2.45. The molecule has 0 aliphatic carbocycles. The molecule has 1 aliphatic heterocycles. The van der Waals surface area contributed by atoms with E-state index in [9.17, 15) is 0 Å². The number of piperazine rings is 1. The van der Waals surface area contributed by atoms with Gasteiger partial charge in [0.25, 0.3) is 0 Å². The van der Waals surface area contributed by atoms with Crippen LogP contribution in [0.15, 0.2) is 24.5 Å². The number of hydrogen-bond acceptors (Lipinski definition) is 4. The van der Waals surface area contributed by atoms with Gasteiger partial charge in [0, 0.05) is 50.2 Å². The van der Waals surface area contributed by atoms with Crippen LogP contribution in [0.1, 0.15) is 45.7 Å². The van der Waals surface area contributed by atoms with Gasteiger partial charge in [0.05, 0.1) is 6.04 Å². The highest BCUT2D eigenvalue weighted by Crippen LogP contribution is 2.27. The van der Waals surface area contributed by atoms with Gasteiger partial charge < -0.3 is 5.73 Å². The molecule has 0 bridgehead atoms. The van der Waals surface area contributed by atoms with Crippen LogP contribution >= 0.6 is 0 Å². The Labute approximate surface area is 129 Å². The number of pyridine rings is 1. The van der Waals surface area contributed by atoms with E-state index in [0.29, 0.717) is 0 Å². The van der Waals surface area contributed by atoms with Crippen LogP contribution in [-0.2, 0) is 0 Å². The summed E-state index contributed by atoms with van der Waals surface area (Å²) in [5, 5.41) is 0. The number of hydrogen-bond donors (Lipinski definition) is 1. The zero-order valence-corrected chi connectivity index (χ0v) is 13.9. The predicted molar refractivity (Wildman–Crippen MR) is 88.1 cm³/mol. The Morgan fingerprint density at radius 1 is 1.24 bits per heavy atom. The molecule has 2 atom stereocenters. The van der Waals surface area contributed by atoms with Crippen LogP contribution in [0.2, 0.25) is 0 Å². The minimum Gasteiger partial charge on any atom is -0.326 e. The van der Waals surface area contributed by atoms with Gasteiger partial charge in [0.2, 0.25) is 0 Å². The fourth-order valence-corrected chi connectivity index (χ4v) is 3.17. The van der Waals surface area contributed by atoms with Crippen LogP contribution in [-0.4, -0.2) is 52.5 Å². The molecule has 1 aliphatic rings. The molecular weight excluding hydrogens is 260 g/mol. The van der Waals surface area contributed by atoms with Crippen LogP contribution < -0.4 is 5.73 Å². The Bertz CT molecular complexity index is 418. The van der Waals surface area contributed by atoms with Gasteiger partial charge in [-0.25, -0.2) is 0 Å². The monoisotopic (exact) mass is 290 g/mol. The average Bonchev–Trinajstić information content (AvgIpc) is 2.48. The first kappa shape index (κ1) is 16.4. The molecule has 0 spiro atoms. The first-order chi connectivity index (χ1) is 9.93. The molecule has 2 N–H and O–H groups in total. The van der Waals surface area contributed by atoms with Gasteiger partial charge in [-0.15, -0.1) is 0 Å². The third kappa shape index (κ3) is 4.02. The molecule has 0 saturated carbocycles. The second-order valence-corrected chi connectivity index (χ2v) is 7.00. The summed E-state index contributed by atoms with van der Waals surface area (Å²) in [6, 6.07) is 4.61. The lowest BCUT2D eigenvalue weighted by atomic mass is 9.96. The molecule has 2 unspecified atom stereocenters. The Morgan fingerprint density at radius 3 is 2.38 bits per heavy atom. The number of nitrogens with two attached hydrogens (primary N) is 1. The minimum atomic E-state index is 0.162. The van der Waals surface area contributed by atoms with Crippen molar-refractivity contribution in [2.24, 2.45) is 5.73 Å². The van der Waals surface area contributed by atoms with E-state index < -0.39 is 0 Å². The molecular formula is C17H30N4. The van der Waals surface area contributed by atoms with Crippen LogP contribution in [0.3, 0.4) is 0 Å². The summed E-state index contributed by atoms with van der Waals surface area (Å²) in [6.45, 7) is 13.4. The van der Waals surface area contributed by atoms with Crippen molar-refractivity contribution < 1.29 is 0 Å². The SMILES string of the molecule is CCC(N)C(c1cccnc1)N1CCN(C(C)(C)C)CC1. The minimum absolute atomic E-state index is 0.162. The number of nitrogens with zero attached hydrogens (tertiary/aromatic N) is 3. The normalized spacial score (nSPS) is 21.2. The van der Waals surface area contributed by atoms with Gasteiger partial charge in [0.15, 0.2) is 0 Å². The molecule has 21 heavy (non-hydrogen) atoms. The molecule has 2 heterocycles. The Balaban J connectivity index is 2.10. The molecule has 0 aromatic carbocycles. The van der Waals surface area contributed by atoms with Gasteiger partial charge >= 0.3 is 0 Å². The van der Waals surface area contributed by atoms with E-state index in [1.807, 2.05) is 18.5 Å². The molecule has 4 nitrogen and oxygen atoms in total. The van der Waals surface area contributed by atoms with Crippen molar-refractivity contribution in [1.29, 1.82) is 0 Å². The highest BCUT2D eigenvalue weighted by atomic mass is 15.3. The second-order valence-electron chi connectivity index (χ2n) is 7.00. The third-order valence-electron chi connectivity index (χ3n) is 4.56. The van der Waals surface area contributed by atoms with Crippen molar-refractivity contribution in [3.63, 3.8) is 0 Å². The summed E-state index contributed by atoms with van der Waals surface area (Å²) < 4.78 is 0. The maximum atomic E-state index is 6.42. The number of aromatic nitrogens is 1. The quantitative estimate of drug-likeness (QED) is 0.924. The van der Waals surface area contributed by atoms with Crippen molar-refractivity contribution in [3.05, 3.63) is 30.1 Å². The molecule has 0 amide bonds. The lowest BCUT2D eigenvalue weighted by molar-refractivity contribution is 0.0351. The zero-order chi connectivity index (χ0) is 15.5. The standard InChI is InChI=1S/C17H30N4/c1-5-15(18)16(14-7-6-8-19-13-14)20-9-11-21(12-10-20)17(2,3)4/h6-8,13,15-16H,5,9-12,18H2,1-4H3. The summed E-state index contributed by atoms with van der Waals surface area (Å²) in [5.41, 5.74) is 7.92. The molecule has 0 radical (unpaired) electrons. The molecule has 2 rings (SSSR count). The van der Waals surface area contributed by atoms with Crippen molar-refractivity contribution >= 4 is 0 Å². The van der Waals surface area contributed by atoms with E-state index >= 15 is 0 Å². The third-order valence-corrected chi connectivity index (χ3v) is 4.56. The van der Waals surface area contributed by atoms with Gasteiger partial charge in [0.1, 0.15) is 0 Å². The van der Waals surface area contributed by atoms with Crippen LogP contribution in [0.4, 0.5) is 0 Å². The molecule has 1 fully saturated rings. The van der Waals surface area contributed by atoms with Crippen LogP contribution in [0.25, 0.3) is 0 Å². The Hall–Kier alpha value is -0.970. The largest absolute Gasteiger partial charge is 0.326 e. The highest BCUT2D eigenvalue weighted by molar-refractivity contribution is 5.16. The summed E-state index contributed by atoms with van der Waals surface area (Å²) >= 11 is 0. The fraction of sp³-hybridized carbons (Fsp3) is 0.706. The van der Waals surface area contributed by atoms with E-state index in [4.69, 9.17) is 5.73 Å². The van der Waals surface area contributed by atoms with E-state index in [2.05, 4.69) is 48.5 Å². The maximum absolute atomic E-state index is 6.42. The summed E-state index contributed by atoms with van der Waals surface area (Å²) in [7, 11) is 0. The second kappa shape index (κ2) is 6.86. The molecule has 4 heteroatoms. The first-order valence-corrected chi connectivity index (χ1v) is 8.08. The Kier molecular flexibility index (Phi) is 5.36. The molecule has 118 valence electrons. The van der Waals surface area contributed by atoms with Crippen LogP contribution in [0.5, 0.6) is 0 Å². The molecule has 1 saturated heterocycles. The summed E-state index contributed by atoms with van der Waals surface area (Å²) in [5.74, 6) is 0. The van der Waals surface area contributed by atoms with Crippen molar-refractivity contribution in [2.45, 2.75) is 51.7 Å². The summed E-state index contributed by atoms with van der Waals surface area (Å²) in [4.78, 5) is 9.37. The van der Waals surface area contributed by atoms with E-state index in [1.54, 1.807) is 0 Å². The zero-order valence-electron chi connectivity index (χ0n) is 13.9. The summed E-state index contributed by atoms with van der Waals surface area (Å²) in [6.07, 6.45) is 4.78. The number of rotatable bonds is 4. The van der Waals surface area contributed by atoms with Crippen molar-refractivity contribution in [1.82, 2.24) is 14.8 Å². The van der Waals surface area contributed by atoms with E-state index in [1.165, 1.54) is 5.56 Å². The topological polar surface area (TPSA) is 45.4 Å². The Morgan fingerprint density at radius 2 is 1.90 bits per heavy atom. The van der Waals surface area contributed by atoms with Gasteiger partial charge in [-0.1, -0.05) is 13.0 Å². The molecule has 1 aromatic rings. The van der Waals surface area contributed by atoms with E-state index in [-0.39, 0.29) is 17.6 Å². The predicted octanol–water partition coefficient (Wildman–Crippen LogP) is 2.28. The van der Waals surface area contributed by atoms with Gasteiger partial charge in [-0.05, 0) is 38.8 Å². The first-order valence-electron chi connectivity index (χ1n) is 8.08. The molecule has 1 aromatic heterocycles. The fourth-order valence-electron chi connectivity index (χ4n) is 3.17. The van der Waals surface area contributed by atoms with Crippen molar-refractivity contribution in [3.8, 4) is 0 Å². The average molecular weight is 290 g/mol. The lowest BCUT2D eigenvalue weighted by Crippen LogP contribution is -2.55.